The van der Waals surface area contributed by atoms with Crippen molar-refractivity contribution in [3.63, 3.8) is 0 Å². The second kappa shape index (κ2) is 5.81. The third-order valence-electron chi connectivity index (χ3n) is 4.08. The highest BCUT2D eigenvalue weighted by molar-refractivity contribution is 5.77. The van der Waals surface area contributed by atoms with Gasteiger partial charge in [-0.15, -0.1) is 0 Å². The van der Waals surface area contributed by atoms with Crippen molar-refractivity contribution in [1.29, 1.82) is 0 Å². The molecular formula is C20H17N3O. The lowest BCUT2D eigenvalue weighted by Crippen LogP contribution is -1.96. The van der Waals surface area contributed by atoms with Gasteiger partial charge in [-0.05, 0) is 31.2 Å². The van der Waals surface area contributed by atoms with Gasteiger partial charge in [0.1, 0.15) is 11.4 Å². The number of hydrogen-bond donors (Lipinski definition) is 0. The average Bonchev–Trinajstić information content (AvgIpc) is 3.10. The van der Waals surface area contributed by atoms with Crippen LogP contribution in [0, 0.1) is 6.92 Å². The van der Waals surface area contributed by atoms with Crippen molar-refractivity contribution in [2.45, 2.75) is 6.92 Å². The molecule has 0 saturated carbocycles. The molecule has 2 aromatic carbocycles. The standard InChI is InChI=1S/C20H17N3O/c1-14-3-5-15(6-4-14)18-13-23-12-11-21-20(23)19(22-18)16-7-9-17(24-2)10-8-16/h3-13H,1-2H3. The normalized spacial score (nSPS) is 10.9. The quantitative estimate of drug-likeness (QED) is 0.563. The molecule has 2 aromatic heterocycles. The highest BCUT2D eigenvalue weighted by Crippen LogP contribution is 2.27. The highest BCUT2D eigenvalue weighted by atomic mass is 16.5. The maximum absolute atomic E-state index is 5.24. The van der Waals surface area contributed by atoms with E-state index in [1.165, 1.54) is 5.56 Å². The summed E-state index contributed by atoms with van der Waals surface area (Å²) in [6.45, 7) is 2.08. The van der Waals surface area contributed by atoms with E-state index < -0.39 is 0 Å². The van der Waals surface area contributed by atoms with Gasteiger partial charge in [0.25, 0.3) is 0 Å². The first kappa shape index (κ1) is 14.5. The Morgan fingerprint density at radius 2 is 1.62 bits per heavy atom. The molecule has 0 unspecified atom stereocenters. The van der Waals surface area contributed by atoms with Gasteiger partial charge in [0.2, 0.25) is 0 Å². The van der Waals surface area contributed by atoms with Crippen molar-refractivity contribution in [2.75, 3.05) is 7.11 Å². The number of nitrogens with zero attached hydrogens (tertiary/aromatic N) is 3. The van der Waals surface area contributed by atoms with E-state index in [1.807, 2.05) is 41.1 Å². The Morgan fingerprint density at radius 3 is 2.33 bits per heavy atom. The molecule has 2 heterocycles. The van der Waals surface area contributed by atoms with E-state index in [0.29, 0.717) is 0 Å². The summed E-state index contributed by atoms with van der Waals surface area (Å²) >= 11 is 0. The molecule has 0 aliphatic carbocycles. The van der Waals surface area contributed by atoms with Crippen LogP contribution in [0.5, 0.6) is 5.75 Å². The van der Waals surface area contributed by atoms with E-state index in [0.717, 1.165) is 33.9 Å². The van der Waals surface area contributed by atoms with E-state index in [-0.39, 0.29) is 0 Å². The maximum atomic E-state index is 5.24. The van der Waals surface area contributed by atoms with E-state index >= 15 is 0 Å². The number of fused-ring (bicyclic) bond motifs is 1. The topological polar surface area (TPSA) is 39.4 Å². The first-order valence-electron chi connectivity index (χ1n) is 7.80. The van der Waals surface area contributed by atoms with Crippen LogP contribution >= 0.6 is 0 Å². The predicted molar refractivity (Wildman–Crippen MR) is 95.1 cm³/mol. The minimum absolute atomic E-state index is 0.827. The zero-order valence-corrected chi connectivity index (χ0v) is 13.6. The summed E-state index contributed by atoms with van der Waals surface area (Å²) in [5, 5.41) is 0. The Bertz CT molecular complexity index is 986. The van der Waals surface area contributed by atoms with Crippen molar-refractivity contribution in [3.8, 4) is 28.3 Å². The van der Waals surface area contributed by atoms with Crippen LogP contribution in [-0.2, 0) is 0 Å². The van der Waals surface area contributed by atoms with Crippen LogP contribution in [0.4, 0.5) is 0 Å². The summed E-state index contributed by atoms with van der Waals surface area (Å²) in [5.74, 6) is 0.827. The molecule has 0 bridgehead atoms. The molecule has 0 aliphatic heterocycles. The van der Waals surface area contributed by atoms with Gasteiger partial charge < -0.3 is 9.14 Å². The fraction of sp³-hybridized carbons (Fsp3) is 0.100. The Morgan fingerprint density at radius 1 is 0.917 bits per heavy atom. The smallest absolute Gasteiger partial charge is 0.163 e. The molecule has 0 radical (unpaired) electrons. The number of benzene rings is 2. The van der Waals surface area contributed by atoms with Gasteiger partial charge in [0.15, 0.2) is 5.65 Å². The molecule has 0 amide bonds. The van der Waals surface area contributed by atoms with Gasteiger partial charge in [0.05, 0.1) is 12.8 Å². The summed E-state index contributed by atoms with van der Waals surface area (Å²) < 4.78 is 7.26. The van der Waals surface area contributed by atoms with E-state index in [9.17, 15) is 0 Å². The Labute approximate surface area is 140 Å². The maximum Gasteiger partial charge on any atom is 0.163 e. The number of methoxy groups -OCH3 is 1. The van der Waals surface area contributed by atoms with Crippen LogP contribution in [0.25, 0.3) is 28.2 Å². The number of aryl methyl sites for hydroxylation is 1. The Balaban J connectivity index is 1.90. The van der Waals surface area contributed by atoms with E-state index in [2.05, 4.69) is 36.2 Å². The summed E-state index contributed by atoms with van der Waals surface area (Å²) in [4.78, 5) is 9.33. The summed E-state index contributed by atoms with van der Waals surface area (Å²) in [5.41, 5.74) is 5.97. The third-order valence-corrected chi connectivity index (χ3v) is 4.08. The molecule has 0 fully saturated rings. The molecule has 0 aliphatic rings. The predicted octanol–water partition coefficient (Wildman–Crippen LogP) is 4.38. The zero-order chi connectivity index (χ0) is 16.5. The molecule has 4 aromatic rings. The molecular weight excluding hydrogens is 298 g/mol. The molecule has 0 atom stereocenters. The van der Waals surface area contributed by atoms with E-state index in [4.69, 9.17) is 9.72 Å². The van der Waals surface area contributed by atoms with Gasteiger partial charge in [-0.3, -0.25) is 0 Å². The lowest BCUT2D eigenvalue weighted by Gasteiger charge is -2.09. The zero-order valence-electron chi connectivity index (χ0n) is 13.6. The average molecular weight is 315 g/mol. The van der Waals surface area contributed by atoms with Gasteiger partial charge in [-0.2, -0.15) is 0 Å². The fourth-order valence-electron chi connectivity index (χ4n) is 2.74. The molecule has 118 valence electrons. The van der Waals surface area contributed by atoms with Crippen molar-refractivity contribution in [2.24, 2.45) is 0 Å². The SMILES string of the molecule is COc1ccc(-c2nc(-c3ccc(C)cc3)cn3ccnc23)cc1. The largest absolute Gasteiger partial charge is 0.497 e. The van der Waals surface area contributed by atoms with Gasteiger partial charge in [-0.25, -0.2) is 9.97 Å². The molecule has 4 rings (SSSR count). The van der Waals surface area contributed by atoms with E-state index in [1.54, 1.807) is 13.3 Å². The van der Waals surface area contributed by atoms with Crippen LogP contribution in [0.15, 0.2) is 67.1 Å². The third kappa shape index (κ3) is 2.52. The van der Waals surface area contributed by atoms with Crippen LogP contribution in [-0.4, -0.2) is 21.5 Å². The second-order valence-electron chi connectivity index (χ2n) is 5.73. The van der Waals surface area contributed by atoms with Crippen molar-refractivity contribution < 1.29 is 4.74 Å². The highest BCUT2D eigenvalue weighted by Gasteiger charge is 2.11. The summed E-state index contributed by atoms with van der Waals surface area (Å²) in [6, 6.07) is 16.3. The molecule has 0 saturated heterocycles. The molecule has 24 heavy (non-hydrogen) atoms. The van der Waals surface area contributed by atoms with Gasteiger partial charge in [-0.1, -0.05) is 29.8 Å². The summed E-state index contributed by atoms with van der Waals surface area (Å²) in [7, 11) is 1.66. The number of imidazole rings is 1. The molecule has 4 heteroatoms. The number of ether oxygens (including phenoxy) is 1. The van der Waals surface area contributed by atoms with Gasteiger partial charge in [0, 0.05) is 29.7 Å². The number of rotatable bonds is 3. The molecule has 4 nitrogen and oxygen atoms in total. The Kier molecular flexibility index (Phi) is 3.50. The van der Waals surface area contributed by atoms with Crippen molar-refractivity contribution >= 4 is 5.65 Å². The fourth-order valence-corrected chi connectivity index (χ4v) is 2.74. The minimum atomic E-state index is 0.827. The molecule has 0 N–H and O–H groups in total. The second-order valence-corrected chi connectivity index (χ2v) is 5.73. The lowest BCUT2D eigenvalue weighted by atomic mass is 10.1. The van der Waals surface area contributed by atoms with Gasteiger partial charge >= 0.3 is 0 Å². The van der Waals surface area contributed by atoms with Crippen LogP contribution in [0.1, 0.15) is 5.56 Å². The molecule has 0 spiro atoms. The van der Waals surface area contributed by atoms with Crippen LogP contribution < -0.4 is 4.74 Å². The monoisotopic (exact) mass is 315 g/mol. The van der Waals surface area contributed by atoms with Crippen LogP contribution in [0.2, 0.25) is 0 Å². The first-order chi connectivity index (χ1) is 11.7. The van der Waals surface area contributed by atoms with Crippen molar-refractivity contribution in [1.82, 2.24) is 14.4 Å². The summed E-state index contributed by atoms with van der Waals surface area (Å²) in [6.07, 6.45) is 5.75. The number of aromatic nitrogens is 3. The van der Waals surface area contributed by atoms with Crippen LogP contribution in [0.3, 0.4) is 0 Å². The minimum Gasteiger partial charge on any atom is -0.497 e. The first-order valence-corrected chi connectivity index (χ1v) is 7.80. The lowest BCUT2D eigenvalue weighted by molar-refractivity contribution is 0.415. The van der Waals surface area contributed by atoms with Crippen molar-refractivity contribution in [3.05, 3.63) is 72.7 Å². The Hall–Kier alpha value is -3.14. The number of hydrogen-bond acceptors (Lipinski definition) is 3.